The molecule has 2 aromatic rings. The summed E-state index contributed by atoms with van der Waals surface area (Å²) in [5.74, 6) is -0.341. The van der Waals surface area contributed by atoms with E-state index in [4.69, 9.17) is 4.74 Å². The smallest absolute Gasteiger partial charge is 0.309 e. The SMILES string of the molecule is C=CCC(Cc1c[nH]c2ccccc12)C(=O)OC. The van der Waals surface area contributed by atoms with Crippen molar-refractivity contribution in [3.8, 4) is 0 Å². The molecule has 0 radical (unpaired) electrons. The molecule has 94 valence electrons. The Kier molecular flexibility index (Phi) is 3.82. The number of methoxy groups -OCH3 is 1. The number of ether oxygens (including phenoxy) is 1. The Morgan fingerprint density at radius 1 is 1.50 bits per heavy atom. The molecular weight excluding hydrogens is 226 g/mol. The number of H-pyrrole nitrogens is 1. The first kappa shape index (κ1) is 12.4. The van der Waals surface area contributed by atoms with E-state index in [1.807, 2.05) is 24.4 Å². The molecule has 0 aliphatic carbocycles. The largest absolute Gasteiger partial charge is 0.469 e. The van der Waals surface area contributed by atoms with Crippen LogP contribution in [0.5, 0.6) is 0 Å². The lowest BCUT2D eigenvalue weighted by atomic mass is 9.96. The zero-order valence-corrected chi connectivity index (χ0v) is 10.5. The molecule has 0 saturated carbocycles. The predicted octanol–water partition coefficient (Wildman–Crippen LogP) is 3.08. The van der Waals surface area contributed by atoms with Crippen molar-refractivity contribution in [1.82, 2.24) is 4.98 Å². The quantitative estimate of drug-likeness (QED) is 0.647. The molecular formula is C15H17NO2. The van der Waals surface area contributed by atoms with Crippen molar-refractivity contribution in [3.63, 3.8) is 0 Å². The van der Waals surface area contributed by atoms with E-state index in [9.17, 15) is 4.79 Å². The molecule has 0 saturated heterocycles. The number of hydrogen-bond donors (Lipinski definition) is 1. The summed E-state index contributed by atoms with van der Waals surface area (Å²) in [5, 5.41) is 1.16. The van der Waals surface area contributed by atoms with Gasteiger partial charge in [-0.2, -0.15) is 0 Å². The molecule has 1 N–H and O–H groups in total. The van der Waals surface area contributed by atoms with Gasteiger partial charge in [0.05, 0.1) is 13.0 Å². The number of fused-ring (bicyclic) bond motifs is 1. The molecule has 0 spiro atoms. The Morgan fingerprint density at radius 3 is 3.00 bits per heavy atom. The number of para-hydroxylation sites is 1. The monoisotopic (exact) mass is 243 g/mol. The normalized spacial score (nSPS) is 12.3. The summed E-state index contributed by atoms with van der Waals surface area (Å²) in [6, 6.07) is 8.08. The van der Waals surface area contributed by atoms with Crippen LogP contribution < -0.4 is 0 Å². The number of aromatic nitrogens is 1. The highest BCUT2D eigenvalue weighted by atomic mass is 16.5. The van der Waals surface area contributed by atoms with E-state index in [2.05, 4.69) is 17.6 Å². The number of esters is 1. The maximum Gasteiger partial charge on any atom is 0.309 e. The first-order valence-electron chi connectivity index (χ1n) is 6.00. The molecule has 1 atom stereocenters. The molecule has 1 unspecified atom stereocenters. The lowest BCUT2D eigenvalue weighted by Crippen LogP contribution is -2.17. The summed E-state index contributed by atoms with van der Waals surface area (Å²) in [6.07, 6.45) is 5.02. The van der Waals surface area contributed by atoms with Gasteiger partial charge in [0, 0.05) is 17.1 Å². The van der Waals surface area contributed by atoms with Gasteiger partial charge in [-0.15, -0.1) is 6.58 Å². The van der Waals surface area contributed by atoms with Gasteiger partial charge in [0.15, 0.2) is 0 Å². The van der Waals surface area contributed by atoms with E-state index in [1.165, 1.54) is 7.11 Å². The number of hydrogen-bond acceptors (Lipinski definition) is 2. The molecule has 0 amide bonds. The minimum absolute atomic E-state index is 0.160. The van der Waals surface area contributed by atoms with Gasteiger partial charge >= 0.3 is 5.97 Å². The van der Waals surface area contributed by atoms with Crippen LogP contribution >= 0.6 is 0 Å². The van der Waals surface area contributed by atoms with Gasteiger partial charge in [-0.05, 0) is 24.5 Å². The molecule has 1 aromatic heterocycles. The van der Waals surface area contributed by atoms with Crippen molar-refractivity contribution in [3.05, 3.63) is 48.7 Å². The maximum atomic E-state index is 11.7. The van der Waals surface area contributed by atoms with Crippen molar-refractivity contribution < 1.29 is 9.53 Å². The van der Waals surface area contributed by atoms with Gasteiger partial charge in [0.1, 0.15) is 0 Å². The number of aromatic amines is 1. The number of nitrogens with one attached hydrogen (secondary N) is 1. The summed E-state index contributed by atoms with van der Waals surface area (Å²) in [4.78, 5) is 14.9. The molecule has 0 aliphatic rings. The highest BCUT2D eigenvalue weighted by Crippen LogP contribution is 2.22. The van der Waals surface area contributed by atoms with Crippen molar-refractivity contribution in [2.75, 3.05) is 7.11 Å². The highest BCUT2D eigenvalue weighted by molar-refractivity contribution is 5.84. The second-order valence-electron chi connectivity index (χ2n) is 4.31. The predicted molar refractivity (Wildman–Crippen MR) is 72.3 cm³/mol. The molecule has 0 bridgehead atoms. The van der Waals surface area contributed by atoms with Crippen LogP contribution in [0.15, 0.2) is 43.1 Å². The van der Waals surface area contributed by atoms with Gasteiger partial charge in [0.2, 0.25) is 0 Å². The highest BCUT2D eigenvalue weighted by Gasteiger charge is 2.19. The molecule has 0 fully saturated rings. The molecule has 1 aromatic carbocycles. The van der Waals surface area contributed by atoms with Crippen molar-refractivity contribution in [2.24, 2.45) is 5.92 Å². The topological polar surface area (TPSA) is 42.1 Å². The summed E-state index contributed by atoms with van der Waals surface area (Å²) in [5.41, 5.74) is 2.23. The number of allylic oxidation sites excluding steroid dienone is 1. The molecule has 2 rings (SSSR count). The van der Waals surface area contributed by atoms with E-state index in [0.717, 1.165) is 16.5 Å². The van der Waals surface area contributed by atoms with Crippen LogP contribution in [0, 0.1) is 5.92 Å². The van der Waals surface area contributed by atoms with Crippen LogP contribution in [-0.2, 0) is 16.0 Å². The van der Waals surface area contributed by atoms with Crippen LogP contribution in [0.2, 0.25) is 0 Å². The Hall–Kier alpha value is -2.03. The fourth-order valence-corrected chi connectivity index (χ4v) is 2.20. The minimum Gasteiger partial charge on any atom is -0.469 e. The third kappa shape index (κ3) is 2.45. The first-order valence-corrected chi connectivity index (χ1v) is 6.00. The minimum atomic E-state index is -0.180. The van der Waals surface area contributed by atoms with E-state index in [0.29, 0.717) is 12.8 Å². The third-order valence-corrected chi connectivity index (χ3v) is 3.13. The molecule has 3 heteroatoms. The van der Waals surface area contributed by atoms with Crippen LogP contribution in [0.4, 0.5) is 0 Å². The van der Waals surface area contributed by atoms with E-state index in [1.54, 1.807) is 6.08 Å². The summed E-state index contributed by atoms with van der Waals surface area (Å²) >= 11 is 0. The van der Waals surface area contributed by atoms with Crippen LogP contribution in [0.3, 0.4) is 0 Å². The number of carbonyl (C=O) groups excluding carboxylic acids is 1. The van der Waals surface area contributed by atoms with Gasteiger partial charge in [-0.3, -0.25) is 4.79 Å². The molecule has 0 aliphatic heterocycles. The second kappa shape index (κ2) is 5.54. The molecule has 1 heterocycles. The summed E-state index contributed by atoms with van der Waals surface area (Å²) < 4.78 is 4.83. The van der Waals surface area contributed by atoms with Gasteiger partial charge < -0.3 is 9.72 Å². The van der Waals surface area contributed by atoms with Gasteiger partial charge in [-0.1, -0.05) is 24.3 Å². The van der Waals surface area contributed by atoms with E-state index in [-0.39, 0.29) is 11.9 Å². The van der Waals surface area contributed by atoms with Gasteiger partial charge in [0.25, 0.3) is 0 Å². The summed E-state index contributed by atoms with van der Waals surface area (Å²) in [7, 11) is 1.42. The van der Waals surface area contributed by atoms with Crippen LogP contribution in [0.25, 0.3) is 10.9 Å². The number of benzene rings is 1. The van der Waals surface area contributed by atoms with Crippen LogP contribution in [0.1, 0.15) is 12.0 Å². The molecule has 18 heavy (non-hydrogen) atoms. The lowest BCUT2D eigenvalue weighted by Gasteiger charge is -2.11. The Morgan fingerprint density at radius 2 is 2.28 bits per heavy atom. The third-order valence-electron chi connectivity index (χ3n) is 3.13. The molecule has 3 nitrogen and oxygen atoms in total. The average molecular weight is 243 g/mol. The zero-order valence-electron chi connectivity index (χ0n) is 10.5. The second-order valence-corrected chi connectivity index (χ2v) is 4.31. The Labute approximate surface area is 106 Å². The standard InChI is InChI=1S/C15H17NO2/c1-3-6-11(15(17)18-2)9-12-10-16-14-8-5-4-7-13(12)14/h3-5,7-8,10-11,16H,1,6,9H2,2H3. The van der Waals surface area contributed by atoms with Crippen LogP contribution in [-0.4, -0.2) is 18.1 Å². The summed E-state index contributed by atoms with van der Waals surface area (Å²) in [6.45, 7) is 3.69. The number of carbonyl (C=O) groups is 1. The maximum absolute atomic E-state index is 11.7. The van der Waals surface area contributed by atoms with Crippen molar-refractivity contribution in [1.29, 1.82) is 0 Å². The Bertz CT molecular complexity index is 556. The van der Waals surface area contributed by atoms with E-state index < -0.39 is 0 Å². The first-order chi connectivity index (χ1) is 8.76. The zero-order chi connectivity index (χ0) is 13.0. The van der Waals surface area contributed by atoms with Crippen molar-refractivity contribution >= 4 is 16.9 Å². The Balaban J connectivity index is 2.25. The fourth-order valence-electron chi connectivity index (χ4n) is 2.20. The van der Waals surface area contributed by atoms with E-state index >= 15 is 0 Å². The van der Waals surface area contributed by atoms with Crippen molar-refractivity contribution in [2.45, 2.75) is 12.8 Å². The average Bonchev–Trinajstić information content (AvgIpc) is 2.81. The lowest BCUT2D eigenvalue weighted by molar-refractivity contribution is -0.145. The fraction of sp³-hybridized carbons (Fsp3) is 0.267. The van der Waals surface area contributed by atoms with Gasteiger partial charge in [-0.25, -0.2) is 0 Å². The number of rotatable bonds is 5.